The molecule has 0 heterocycles. The number of rotatable bonds is 5. The predicted octanol–water partition coefficient (Wildman–Crippen LogP) is 2.33. The van der Waals surface area contributed by atoms with Gasteiger partial charge in [0.15, 0.2) is 5.78 Å². The molecule has 100 valence electrons. The van der Waals surface area contributed by atoms with Crippen LogP contribution in [-0.4, -0.2) is 17.3 Å². The van der Waals surface area contributed by atoms with E-state index in [4.69, 9.17) is 14.0 Å². The van der Waals surface area contributed by atoms with Gasteiger partial charge >= 0.3 is 33.9 Å². The van der Waals surface area contributed by atoms with Crippen molar-refractivity contribution in [2.24, 2.45) is 0 Å². The van der Waals surface area contributed by atoms with Gasteiger partial charge in [0.25, 0.3) is 0 Å². The minimum Gasteiger partial charge on any atom is 0 e. The fourth-order valence-corrected chi connectivity index (χ4v) is 1.03. The third kappa shape index (κ3) is 45.5. The van der Waals surface area contributed by atoms with Crippen molar-refractivity contribution < 1.29 is 35.8 Å². The molecule has 18 heavy (non-hydrogen) atoms. The molecule has 0 amide bonds. The van der Waals surface area contributed by atoms with Crippen LogP contribution in [0, 0.1) is 20.0 Å². The molecule has 0 aliphatic heterocycles. The van der Waals surface area contributed by atoms with Crippen molar-refractivity contribution >= 4 is 17.5 Å². The Bertz CT molecular complexity index is 253. The Morgan fingerprint density at radius 1 is 1.11 bits per heavy atom. The van der Waals surface area contributed by atoms with Gasteiger partial charge in [-0.25, -0.2) is 0 Å². The van der Waals surface area contributed by atoms with Gasteiger partial charge in [0.1, 0.15) is 0 Å². The van der Waals surface area contributed by atoms with Crippen LogP contribution in [0.2, 0.25) is 0 Å². The molecule has 0 aliphatic rings. The van der Waals surface area contributed by atoms with Crippen LogP contribution in [0.15, 0.2) is 24.3 Å². The fraction of sp³-hybridized carbons (Fsp3) is 0.333. The maximum absolute atomic E-state index is 10.9. The number of hydrogen-bond donors (Lipinski definition) is 0. The molecule has 0 spiro atoms. The Balaban J connectivity index is -0.0000000700. The summed E-state index contributed by atoms with van der Waals surface area (Å²) >= 11 is 1.65. The molecule has 6 heteroatoms. The predicted molar refractivity (Wildman–Crippen MR) is 63.7 cm³/mol. The van der Waals surface area contributed by atoms with Gasteiger partial charge in [-0.15, -0.1) is 0 Å². The molecule has 0 aromatic rings. The van der Waals surface area contributed by atoms with Gasteiger partial charge in [0, 0.05) is 17.1 Å². The summed E-state index contributed by atoms with van der Waals surface area (Å²) in [5, 5.41) is 0. The van der Waals surface area contributed by atoms with Gasteiger partial charge in [-0.3, -0.25) is 4.79 Å². The van der Waals surface area contributed by atoms with E-state index in [1.165, 1.54) is 0 Å². The maximum Gasteiger partial charge on any atom is 0 e. The summed E-state index contributed by atoms with van der Waals surface area (Å²) in [7, 11) is 0. The largest absolute Gasteiger partial charge is 0 e. The van der Waals surface area contributed by atoms with E-state index in [9.17, 15) is 4.79 Å². The van der Waals surface area contributed by atoms with Crippen LogP contribution in [-0.2, 0) is 35.8 Å². The molecule has 0 saturated heterocycles. The van der Waals surface area contributed by atoms with Crippen molar-refractivity contribution in [3.63, 3.8) is 0 Å². The zero-order chi connectivity index (χ0) is 14.5. The van der Waals surface area contributed by atoms with E-state index in [-0.39, 0.29) is 22.9 Å². The molecule has 0 radical (unpaired) electrons. The minimum atomic E-state index is 0. The van der Waals surface area contributed by atoms with Gasteiger partial charge in [-0.05, 0) is 18.8 Å². The van der Waals surface area contributed by atoms with Crippen molar-refractivity contribution in [3.05, 3.63) is 44.3 Å². The summed E-state index contributed by atoms with van der Waals surface area (Å²) < 4.78 is 22.5. The summed E-state index contributed by atoms with van der Waals surface area (Å²) in [6, 6.07) is 0. The molecule has 0 fully saturated rings. The quantitative estimate of drug-likeness (QED) is 0.257. The van der Waals surface area contributed by atoms with E-state index >= 15 is 0 Å². The molecule has 0 aromatic carbocycles. The maximum atomic E-state index is 10.9. The SMILES string of the molecule is C/C=C/C=C/C(=O)CSCC.[C-]#[O+].[C-]#[O+].[C-]#[O+].[Fe]. The van der Waals surface area contributed by atoms with E-state index in [1.807, 2.05) is 26.0 Å². The first-order valence-corrected chi connectivity index (χ1v) is 5.48. The fourth-order valence-electron chi connectivity index (χ4n) is 0.525. The molecule has 0 unspecified atom stereocenters. The number of allylic oxidation sites excluding steroid dienone is 4. The van der Waals surface area contributed by atoms with Crippen LogP contribution in [0.4, 0.5) is 0 Å². The monoisotopic (exact) mass is 310 g/mol. The molecule has 0 atom stereocenters. The van der Waals surface area contributed by atoms with Crippen LogP contribution >= 0.6 is 11.8 Å². The average molecular weight is 310 g/mol. The Hall–Kier alpha value is -0.761. The number of carbonyl (C=O) groups is 1. The standard InChI is InChI=1S/C9H14OS.3CO.Fe/c1-3-5-6-7-9(10)8-11-4-2;3*1-2;/h3,5-7H,4,8H2,1-2H3;;;;/b5-3+,7-6+;;;;. The van der Waals surface area contributed by atoms with Crippen LogP contribution < -0.4 is 0 Å². The van der Waals surface area contributed by atoms with Crippen LogP contribution in [0.25, 0.3) is 0 Å². The van der Waals surface area contributed by atoms with Crippen molar-refractivity contribution in [1.82, 2.24) is 0 Å². The molecule has 0 saturated carbocycles. The molecule has 0 N–H and O–H groups in total. The first kappa shape index (κ1) is 30.3. The van der Waals surface area contributed by atoms with Gasteiger partial charge in [0.05, 0.1) is 5.75 Å². The molecule has 4 nitrogen and oxygen atoms in total. The molecule has 0 rings (SSSR count). The Morgan fingerprint density at radius 3 is 1.89 bits per heavy atom. The average Bonchev–Trinajstić information content (AvgIpc) is 2.43. The number of carbonyl (C=O) groups excluding carboxylic acids is 1. The summed E-state index contributed by atoms with van der Waals surface area (Å²) in [6.45, 7) is 17.5. The van der Waals surface area contributed by atoms with Gasteiger partial charge in [0.2, 0.25) is 0 Å². The topological polar surface area (TPSA) is 76.8 Å². The summed E-state index contributed by atoms with van der Waals surface area (Å²) in [6.07, 6.45) is 7.15. The summed E-state index contributed by atoms with van der Waals surface area (Å²) in [5.41, 5.74) is 0. The van der Waals surface area contributed by atoms with Crippen LogP contribution in [0.3, 0.4) is 0 Å². The van der Waals surface area contributed by atoms with E-state index in [2.05, 4.69) is 20.0 Å². The summed E-state index contributed by atoms with van der Waals surface area (Å²) in [4.78, 5) is 10.9. The third-order valence-corrected chi connectivity index (χ3v) is 1.93. The van der Waals surface area contributed by atoms with Gasteiger partial charge < -0.3 is 0 Å². The van der Waals surface area contributed by atoms with Gasteiger partial charge in [-0.2, -0.15) is 11.8 Å². The van der Waals surface area contributed by atoms with Crippen LogP contribution in [0.1, 0.15) is 13.8 Å². The van der Waals surface area contributed by atoms with Crippen molar-refractivity contribution in [2.75, 3.05) is 11.5 Å². The first-order valence-electron chi connectivity index (χ1n) is 4.32. The minimum absolute atomic E-state index is 0. The van der Waals surface area contributed by atoms with E-state index < -0.39 is 0 Å². The Labute approximate surface area is 123 Å². The first-order chi connectivity index (χ1) is 8.31. The number of ketones is 1. The van der Waals surface area contributed by atoms with Crippen molar-refractivity contribution in [2.45, 2.75) is 13.8 Å². The molecule has 0 aliphatic carbocycles. The second kappa shape index (κ2) is 44.2. The van der Waals surface area contributed by atoms with Gasteiger partial charge in [-0.1, -0.05) is 25.2 Å². The number of thioether (sulfide) groups is 1. The van der Waals surface area contributed by atoms with Crippen molar-refractivity contribution in [3.8, 4) is 0 Å². The Morgan fingerprint density at radius 2 is 1.56 bits per heavy atom. The Kier molecular flexibility index (Phi) is 74.5. The second-order valence-electron chi connectivity index (χ2n) is 1.99. The van der Waals surface area contributed by atoms with Crippen molar-refractivity contribution in [1.29, 1.82) is 0 Å². The number of hydrogen-bond acceptors (Lipinski definition) is 2. The third-order valence-electron chi connectivity index (χ3n) is 1.03. The molecular weight excluding hydrogens is 296 g/mol. The van der Waals surface area contributed by atoms with E-state index in [0.29, 0.717) is 5.75 Å². The smallest absolute Gasteiger partial charge is 0 e. The van der Waals surface area contributed by atoms with E-state index in [1.54, 1.807) is 23.9 Å². The second-order valence-corrected chi connectivity index (χ2v) is 3.26. The summed E-state index contributed by atoms with van der Waals surface area (Å²) in [5.74, 6) is 1.79. The molecule has 0 aromatic heterocycles. The normalized spacial score (nSPS) is 7.33. The zero-order valence-corrected chi connectivity index (χ0v) is 12.0. The molecule has 0 bridgehead atoms. The zero-order valence-electron chi connectivity index (χ0n) is 10.1. The molecular formula is C12H14FeO4S. The van der Waals surface area contributed by atoms with Crippen LogP contribution in [0.5, 0.6) is 0 Å². The van der Waals surface area contributed by atoms with E-state index in [0.717, 1.165) is 5.75 Å².